The summed E-state index contributed by atoms with van der Waals surface area (Å²) in [5.74, 6) is 0.105. The number of hydrogen-bond acceptors (Lipinski definition) is 4. The average Bonchev–Trinajstić information content (AvgIpc) is 2.47. The van der Waals surface area contributed by atoms with Crippen molar-refractivity contribution < 1.29 is 14.6 Å². The van der Waals surface area contributed by atoms with Crippen LogP contribution in [0.3, 0.4) is 0 Å². The number of carbonyl (C=O) groups excluding carboxylic acids is 1. The Balaban J connectivity index is 1.82. The maximum Gasteiger partial charge on any atom is 0.236 e. The normalized spacial score (nSPS) is 18.3. The first kappa shape index (κ1) is 15.0. The van der Waals surface area contributed by atoms with Gasteiger partial charge in [-0.15, -0.1) is 0 Å². The Morgan fingerprint density at radius 1 is 1.30 bits per heavy atom. The Bertz CT molecular complexity index is 424. The van der Waals surface area contributed by atoms with Gasteiger partial charge in [0.2, 0.25) is 5.91 Å². The van der Waals surface area contributed by atoms with Crippen molar-refractivity contribution >= 4 is 5.91 Å². The fourth-order valence-electron chi connectivity index (χ4n) is 2.38. The molecular formula is C15H22N2O3. The molecule has 1 aromatic carbocycles. The van der Waals surface area contributed by atoms with Crippen LogP contribution < -0.4 is 0 Å². The van der Waals surface area contributed by atoms with Crippen molar-refractivity contribution in [2.75, 3.05) is 46.4 Å². The van der Waals surface area contributed by atoms with Gasteiger partial charge in [0, 0.05) is 33.3 Å². The Labute approximate surface area is 119 Å². The summed E-state index contributed by atoms with van der Waals surface area (Å²) in [6.45, 7) is 3.56. The molecule has 5 heteroatoms. The molecule has 0 spiro atoms. The Kier molecular flexibility index (Phi) is 5.52. The summed E-state index contributed by atoms with van der Waals surface area (Å²) in [4.78, 5) is 15.8. The maximum atomic E-state index is 12.0. The predicted molar refractivity (Wildman–Crippen MR) is 76.3 cm³/mol. The van der Waals surface area contributed by atoms with Crippen LogP contribution in [0.2, 0.25) is 0 Å². The van der Waals surface area contributed by atoms with Crippen molar-refractivity contribution in [3.63, 3.8) is 0 Å². The summed E-state index contributed by atoms with van der Waals surface area (Å²) in [6, 6.07) is 9.55. The average molecular weight is 278 g/mol. The SMILES string of the molecule is COCCN1CCN(CC(O)c2ccccc2)CC1=O. The van der Waals surface area contributed by atoms with Gasteiger partial charge in [-0.2, -0.15) is 0 Å². The number of hydrogen-bond donors (Lipinski definition) is 1. The molecule has 1 unspecified atom stereocenters. The van der Waals surface area contributed by atoms with Gasteiger partial charge in [0.25, 0.3) is 0 Å². The van der Waals surface area contributed by atoms with Gasteiger partial charge in [-0.1, -0.05) is 30.3 Å². The summed E-state index contributed by atoms with van der Waals surface area (Å²) in [6.07, 6.45) is -0.547. The molecule has 1 aliphatic heterocycles. The minimum absolute atomic E-state index is 0.105. The highest BCUT2D eigenvalue weighted by atomic mass is 16.5. The summed E-state index contributed by atoms with van der Waals surface area (Å²) in [5, 5.41) is 10.2. The molecule has 1 amide bonds. The maximum absolute atomic E-state index is 12.0. The first-order valence-corrected chi connectivity index (χ1v) is 6.93. The molecule has 1 aromatic rings. The number of amides is 1. The number of aliphatic hydroxyl groups excluding tert-OH is 1. The second-order valence-electron chi connectivity index (χ2n) is 5.04. The molecule has 1 N–H and O–H groups in total. The molecule has 0 saturated carbocycles. The topological polar surface area (TPSA) is 53.0 Å². The summed E-state index contributed by atoms with van der Waals surface area (Å²) in [7, 11) is 1.64. The standard InChI is InChI=1S/C15H22N2O3/c1-20-10-9-17-8-7-16(12-15(17)19)11-14(18)13-5-3-2-4-6-13/h2-6,14,18H,7-12H2,1H3. The van der Waals surface area contributed by atoms with Gasteiger partial charge in [0.05, 0.1) is 19.3 Å². The van der Waals surface area contributed by atoms with Crippen molar-refractivity contribution in [3.05, 3.63) is 35.9 Å². The molecule has 20 heavy (non-hydrogen) atoms. The molecule has 1 fully saturated rings. The minimum Gasteiger partial charge on any atom is -0.387 e. The van der Waals surface area contributed by atoms with Crippen molar-refractivity contribution in [2.45, 2.75) is 6.10 Å². The van der Waals surface area contributed by atoms with Gasteiger partial charge in [0.15, 0.2) is 0 Å². The van der Waals surface area contributed by atoms with Crippen LogP contribution in [-0.2, 0) is 9.53 Å². The van der Waals surface area contributed by atoms with E-state index in [2.05, 4.69) is 0 Å². The van der Waals surface area contributed by atoms with E-state index in [1.807, 2.05) is 40.1 Å². The molecular weight excluding hydrogens is 256 g/mol. The summed E-state index contributed by atoms with van der Waals surface area (Å²) >= 11 is 0. The van der Waals surface area contributed by atoms with Crippen LogP contribution >= 0.6 is 0 Å². The highest BCUT2D eigenvalue weighted by molar-refractivity contribution is 5.79. The fraction of sp³-hybridized carbons (Fsp3) is 0.533. The Morgan fingerprint density at radius 3 is 2.70 bits per heavy atom. The number of aliphatic hydroxyl groups is 1. The van der Waals surface area contributed by atoms with Crippen LogP contribution in [0.4, 0.5) is 0 Å². The van der Waals surface area contributed by atoms with Gasteiger partial charge in [0.1, 0.15) is 0 Å². The number of piperazine rings is 1. The second kappa shape index (κ2) is 7.38. The van der Waals surface area contributed by atoms with Crippen LogP contribution in [0.5, 0.6) is 0 Å². The number of nitrogens with zero attached hydrogens (tertiary/aromatic N) is 2. The first-order chi connectivity index (χ1) is 9.70. The van der Waals surface area contributed by atoms with Crippen LogP contribution in [0, 0.1) is 0 Å². The third kappa shape index (κ3) is 4.03. The molecule has 0 bridgehead atoms. The van der Waals surface area contributed by atoms with E-state index in [9.17, 15) is 9.90 Å². The van der Waals surface area contributed by atoms with Gasteiger partial charge in [-0.3, -0.25) is 9.69 Å². The zero-order chi connectivity index (χ0) is 14.4. The van der Waals surface area contributed by atoms with Gasteiger partial charge < -0.3 is 14.7 Å². The number of rotatable bonds is 6. The number of ether oxygens (including phenoxy) is 1. The molecule has 0 radical (unpaired) electrons. The number of β-amino-alcohol motifs (C(OH)–C–C–N with tert-alkyl or cyclic N) is 1. The van der Waals surface area contributed by atoms with E-state index >= 15 is 0 Å². The number of benzene rings is 1. The van der Waals surface area contributed by atoms with Crippen LogP contribution in [0.1, 0.15) is 11.7 Å². The number of carbonyl (C=O) groups is 1. The van der Waals surface area contributed by atoms with Crippen molar-refractivity contribution in [1.82, 2.24) is 9.80 Å². The fourth-order valence-corrected chi connectivity index (χ4v) is 2.38. The van der Waals surface area contributed by atoms with Crippen molar-refractivity contribution in [2.24, 2.45) is 0 Å². The minimum atomic E-state index is -0.547. The highest BCUT2D eigenvalue weighted by Gasteiger charge is 2.25. The smallest absolute Gasteiger partial charge is 0.236 e. The van der Waals surface area contributed by atoms with Gasteiger partial charge in [-0.25, -0.2) is 0 Å². The summed E-state index contributed by atoms with van der Waals surface area (Å²) < 4.78 is 4.99. The second-order valence-corrected chi connectivity index (χ2v) is 5.04. The van der Waals surface area contributed by atoms with Gasteiger partial charge >= 0.3 is 0 Å². The molecule has 1 heterocycles. The third-order valence-electron chi connectivity index (χ3n) is 3.58. The molecule has 1 aliphatic rings. The van der Waals surface area contributed by atoms with Gasteiger partial charge in [-0.05, 0) is 5.56 Å². The van der Waals surface area contributed by atoms with E-state index in [0.29, 0.717) is 32.8 Å². The monoisotopic (exact) mass is 278 g/mol. The predicted octanol–water partition coefficient (Wildman–Crippen LogP) is 0.511. The Hall–Kier alpha value is -1.43. The lowest BCUT2D eigenvalue weighted by Gasteiger charge is -2.35. The zero-order valence-electron chi connectivity index (χ0n) is 11.9. The first-order valence-electron chi connectivity index (χ1n) is 6.93. The zero-order valence-corrected chi connectivity index (χ0v) is 11.9. The van der Waals surface area contributed by atoms with Crippen LogP contribution in [0.15, 0.2) is 30.3 Å². The van der Waals surface area contributed by atoms with Crippen molar-refractivity contribution in [1.29, 1.82) is 0 Å². The van der Waals surface area contributed by atoms with Crippen LogP contribution in [-0.4, -0.2) is 67.3 Å². The van der Waals surface area contributed by atoms with Crippen LogP contribution in [0.25, 0.3) is 0 Å². The number of methoxy groups -OCH3 is 1. The molecule has 110 valence electrons. The van der Waals surface area contributed by atoms with E-state index in [0.717, 1.165) is 12.1 Å². The Morgan fingerprint density at radius 2 is 2.05 bits per heavy atom. The quantitative estimate of drug-likeness (QED) is 0.824. The molecule has 0 aromatic heterocycles. The molecule has 2 rings (SSSR count). The lowest BCUT2D eigenvalue weighted by atomic mass is 10.1. The van der Waals surface area contributed by atoms with E-state index in [1.165, 1.54) is 0 Å². The molecule has 0 aliphatic carbocycles. The van der Waals surface area contributed by atoms with E-state index in [4.69, 9.17) is 4.74 Å². The molecule has 1 atom stereocenters. The lowest BCUT2D eigenvalue weighted by Crippen LogP contribution is -2.51. The summed E-state index contributed by atoms with van der Waals surface area (Å²) in [5.41, 5.74) is 0.891. The largest absolute Gasteiger partial charge is 0.387 e. The molecule has 1 saturated heterocycles. The molecule has 5 nitrogen and oxygen atoms in total. The lowest BCUT2D eigenvalue weighted by molar-refractivity contribution is -0.137. The third-order valence-corrected chi connectivity index (χ3v) is 3.58. The highest BCUT2D eigenvalue weighted by Crippen LogP contribution is 2.15. The van der Waals surface area contributed by atoms with Crippen molar-refractivity contribution in [3.8, 4) is 0 Å². The van der Waals surface area contributed by atoms with E-state index in [1.54, 1.807) is 7.11 Å². The van der Waals surface area contributed by atoms with E-state index < -0.39 is 6.10 Å². The van der Waals surface area contributed by atoms with E-state index in [-0.39, 0.29) is 5.91 Å².